The first-order valence-corrected chi connectivity index (χ1v) is 9.44. The number of nitrogens with one attached hydrogen (secondary N) is 2. The van der Waals surface area contributed by atoms with Gasteiger partial charge >= 0.3 is 0 Å². The van der Waals surface area contributed by atoms with Crippen molar-refractivity contribution < 1.29 is 14.0 Å². The Balaban J connectivity index is 1.71. The van der Waals surface area contributed by atoms with E-state index in [1.807, 2.05) is 0 Å². The summed E-state index contributed by atoms with van der Waals surface area (Å²) in [5.41, 5.74) is 0.375. The molecular formula is C18H27BrN2O3. The fourth-order valence-electron chi connectivity index (χ4n) is 3.27. The van der Waals surface area contributed by atoms with Crippen molar-refractivity contribution in [2.24, 2.45) is 11.3 Å². The van der Waals surface area contributed by atoms with Crippen molar-refractivity contribution in [3.63, 3.8) is 0 Å². The zero-order valence-corrected chi connectivity index (χ0v) is 16.2. The summed E-state index contributed by atoms with van der Waals surface area (Å²) in [4.78, 5) is 23.9. The number of carbonyl (C=O) groups is 2. The quantitative estimate of drug-likeness (QED) is 0.763. The van der Waals surface area contributed by atoms with Crippen LogP contribution in [0.15, 0.2) is 21.2 Å². The van der Waals surface area contributed by atoms with E-state index in [-0.39, 0.29) is 30.2 Å². The maximum atomic E-state index is 12.0. The number of hydrogen-bond donors (Lipinski definition) is 2. The van der Waals surface area contributed by atoms with Crippen molar-refractivity contribution in [3.8, 4) is 0 Å². The van der Waals surface area contributed by atoms with Crippen molar-refractivity contribution in [1.82, 2.24) is 10.6 Å². The van der Waals surface area contributed by atoms with Crippen LogP contribution in [0, 0.1) is 11.3 Å². The molecule has 1 aliphatic carbocycles. The van der Waals surface area contributed by atoms with Crippen LogP contribution < -0.4 is 10.6 Å². The van der Waals surface area contributed by atoms with Gasteiger partial charge < -0.3 is 15.1 Å². The molecule has 0 aliphatic heterocycles. The third-order valence-electron chi connectivity index (χ3n) is 5.32. The van der Waals surface area contributed by atoms with Gasteiger partial charge in [-0.3, -0.25) is 9.59 Å². The van der Waals surface area contributed by atoms with Crippen LogP contribution in [0.4, 0.5) is 0 Å². The van der Waals surface area contributed by atoms with E-state index in [1.165, 1.54) is 6.42 Å². The second-order valence-electron chi connectivity index (χ2n) is 7.24. The molecule has 6 heteroatoms. The van der Waals surface area contributed by atoms with E-state index in [2.05, 4.69) is 47.3 Å². The first kappa shape index (κ1) is 19.0. The molecular weight excluding hydrogens is 372 g/mol. The Morgan fingerprint density at radius 3 is 2.46 bits per heavy atom. The molecule has 24 heavy (non-hydrogen) atoms. The standard InChI is InChI=1S/C18H27BrN2O3/c1-4-18(2,3)12-5-7-13(8-6-12)21-16(22)11-20-17(23)14-9-10-15(19)24-14/h9-10,12-13H,4-8,11H2,1-3H3,(H,20,23)(H,21,22). The summed E-state index contributed by atoms with van der Waals surface area (Å²) < 4.78 is 5.64. The molecule has 1 aliphatic rings. The minimum absolute atomic E-state index is 0.0302. The molecule has 0 atom stereocenters. The molecule has 0 aromatic carbocycles. The van der Waals surface area contributed by atoms with E-state index in [4.69, 9.17) is 4.42 Å². The minimum Gasteiger partial charge on any atom is -0.444 e. The molecule has 1 fully saturated rings. The fourth-order valence-corrected chi connectivity index (χ4v) is 3.58. The zero-order chi connectivity index (χ0) is 17.7. The predicted octanol–water partition coefficient (Wildman–Crippen LogP) is 3.88. The van der Waals surface area contributed by atoms with Gasteiger partial charge in [-0.1, -0.05) is 27.2 Å². The van der Waals surface area contributed by atoms with Gasteiger partial charge in [0, 0.05) is 6.04 Å². The SMILES string of the molecule is CCC(C)(C)C1CCC(NC(=O)CNC(=O)c2ccc(Br)o2)CC1. The Hall–Kier alpha value is -1.30. The summed E-state index contributed by atoms with van der Waals surface area (Å²) in [6, 6.07) is 3.43. The highest BCUT2D eigenvalue weighted by Crippen LogP contribution is 2.40. The van der Waals surface area contributed by atoms with Crippen LogP contribution >= 0.6 is 15.9 Å². The molecule has 0 radical (unpaired) electrons. The van der Waals surface area contributed by atoms with E-state index >= 15 is 0 Å². The van der Waals surface area contributed by atoms with Crippen molar-refractivity contribution in [2.75, 3.05) is 6.54 Å². The Morgan fingerprint density at radius 1 is 1.25 bits per heavy atom. The van der Waals surface area contributed by atoms with Gasteiger partial charge in [-0.05, 0) is 65.1 Å². The van der Waals surface area contributed by atoms with Crippen LogP contribution in [0.5, 0.6) is 0 Å². The smallest absolute Gasteiger partial charge is 0.287 e. The Labute approximate surface area is 152 Å². The van der Waals surface area contributed by atoms with E-state index in [9.17, 15) is 9.59 Å². The van der Waals surface area contributed by atoms with Gasteiger partial charge in [0.05, 0.1) is 6.54 Å². The predicted molar refractivity (Wildman–Crippen MR) is 96.7 cm³/mol. The number of carbonyl (C=O) groups excluding carboxylic acids is 2. The lowest BCUT2D eigenvalue weighted by Gasteiger charge is -2.39. The monoisotopic (exact) mass is 398 g/mol. The molecule has 0 bridgehead atoms. The lowest BCUT2D eigenvalue weighted by molar-refractivity contribution is -0.121. The summed E-state index contributed by atoms with van der Waals surface area (Å²) in [6.07, 6.45) is 5.51. The van der Waals surface area contributed by atoms with Crippen LogP contribution in [0.25, 0.3) is 0 Å². The molecule has 2 amide bonds. The Kier molecular flexibility index (Phi) is 6.49. The Bertz CT molecular complexity index is 575. The van der Waals surface area contributed by atoms with Gasteiger partial charge in [-0.2, -0.15) is 0 Å². The number of halogens is 1. The minimum atomic E-state index is -0.385. The summed E-state index contributed by atoms with van der Waals surface area (Å²) >= 11 is 3.14. The third-order valence-corrected chi connectivity index (χ3v) is 5.74. The van der Waals surface area contributed by atoms with Crippen LogP contribution in [-0.2, 0) is 4.79 Å². The van der Waals surface area contributed by atoms with Gasteiger partial charge in [0.25, 0.3) is 5.91 Å². The highest BCUT2D eigenvalue weighted by molar-refractivity contribution is 9.10. The first-order valence-electron chi connectivity index (χ1n) is 8.64. The molecule has 5 nitrogen and oxygen atoms in total. The first-order chi connectivity index (χ1) is 11.3. The molecule has 0 saturated heterocycles. The van der Waals surface area contributed by atoms with Crippen molar-refractivity contribution in [2.45, 2.75) is 58.9 Å². The lowest BCUT2D eigenvalue weighted by atomic mass is 9.69. The van der Waals surface area contributed by atoms with Crippen LogP contribution in [0.3, 0.4) is 0 Å². The fraction of sp³-hybridized carbons (Fsp3) is 0.667. The van der Waals surface area contributed by atoms with Crippen LogP contribution in [0.2, 0.25) is 0 Å². The van der Waals surface area contributed by atoms with Gasteiger partial charge in [-0.15, -0.1) is 0 Å². The molecule has 1 heterocycles. The molecule has 0 unspecified atom stereocenters. The van der Waals surface area contributed by atoms with E-state index in [1.54, 1.807) is 12.1 Å². The number of amides is 2. The van der Waals surface area contributed by atoms with Gasteiger partial charge in [0.1, 0.15) is 0 Å². The topological polar surface area (TPSA) is 71.3 Å². The number of hydrogen-bond acceptors (Lipinski definition) is 3. The number of furan rings is 1. The van der Waals surface area contributed by atoms with E-state index < -0.39 is 0 Å². The van der Waals surface area contributed by atoms with Crippen LogP contribution in [0.1, 0.15) is 63.4 Å². The van der Waals surface area contributed by atoms with Gasteiger partial charge in [-0.25, -0.2) is 0 Å². The van der Waals surface area contributed by atoms with E-state index in [0.717, 1.165) is 31.6 Å². The number of rotatable bonds is 6. The maximum absolute atomic E-state index is 12.0. The largest absolute Gasteiger partial charge is 0.444 e. The summed E-state index contributed by atoms with van der Waals surface area (Å²) in [6.45, 7) is 6.88. The van der Waals surface area contributed by atoms with Crippen molar-refractivity contribution in [3.05, 3.63) is 22.6 Å². The lowest BCUT2D eigenvalue weighted by Crippen LogP contribution is -2.44. The van der Waals surface area contributed by atoms with Crippen molar-refractivity contribution in [1.29, 1.82) is 0 Å². The second-order valence-corrected chi connectivity index (χ2v) is 8.03. The summed E-state index contributed by atoms with van der Waals surface area (Å²) in [7, 11) is 0. The second kappa shape index (κ2) is 8.19. The van der Waals surface area contributed by atoms with Crippen LogP contribution in [-0.4, -0.2) is 24.4 Å². The summed E-state index contributed by atoms with van der Waals surface area (Å²) in [5.74, 6) is 0.390. The zero-order valence-electron chi connectivity index (χ0n) is 14.7. The van der Waals surface area contributed by atoms with Gasteiger partial charge in [0.15, 0.2) is 10.4 Å². The average molecular weight is 399 g/mol. The molecule has 1 aromatic rings. The van der Waals surface area contributed by atoms with Gasteiger partial charge in [0.2, 0.25) is 5.91 Å². The summed E-state index contributed by atoms with van der Waals surface area (Å²) in [5, 5.41) is 5.61. The highest BCUT2D eigenvalue weighted by Gasteiger charge is 2.32. The average Bonchev–Trinajstić information content (AvgIpc) is 2.99. The third kappa shape index (κ3) is 5.10. The molecule has 1 aromatic heterocycles. The molecule has 134 valence electrons. The normalized spacial score (nSPS) is 21.3. The Morgan fingerprint density at radius 2 is 1.92 bits per heavy atom. The molecule has 1 saturated carbocycles. The van der Waals surface area contributed by atoms with Crippen molar-refractivity contribution >= 4 is 27.7 Å². The molecule has 2 rings (SSSR count). The molecule has 2 N–H and O–H groups in total. The highest BCUT2D eigenvalue weighted by atomic mass is 79.9. The molecule has 0 spiro atoms. The van der Waals surface area contributed by atoms with E-state index in [0.29, 0.717) is 10.1 Å². The maximum Gasteiger partial charge on any atom is 0.287 e.